The van der Waals surface area contributed by atoms with Gasteiger partial charge >= 0.3 is 0 Å². The summed E-state index contributed by atoms with van der Waals surface area (Å²) in [4.78, 5) is 2.51. The van der Waals surface area contributed by atoms with Crippen molar-refractivity contribution in [1.82, 2.24) is 4.90 Å². The second-order valence-corrected chi connectivity index (χ2v) is 6.34. The summed E-state index contributed by atoms with van der Waals surface area (Å²) in [5.41, 5.74) is 1.73. The number of rotatable bonds is 3. The molecule has 2 heteroatoms. The van der Waals surface area contributed by atoms with Crippen molar-refractivity contribution in [2.24, 2.45) is 5.41 Å². The molecule has 1 atom stereocenters. The predicted molar refractivity (Wildman–Crippen MR) is 78.6 cm³/mol. The third-order valence-electron chi connectivity index (χ3n) is 4.28. The van der Waals surface area contributed by atoms with E-state index < -0.39 is 0 Å². The number of nitrogens with zero attached hydrogens (tertiary/aromatic N) is 2. The maximum atomic E-state index is 9.12. The first-order valence-corrected chi connectivity index (χ1v) is 7.28. The number of hydrogen-bond acceptors (Lipinski definition) is 2. The SMILES string of the molecule is CC1(C)CCCN(C(CC#N)c2ccccc2)CC1. The summed E-state index contributed by atoms with van der Waals surface area (Å²) in [7, 11) is 0. The molecular weight excluding hydrogens is 232 g/mol. The van der Waals surface area contributed by atoms with Crippen molar-refractivity contribution in [2.75, 3.05) is 13.1 Å². The normalized spacial score (nSPS) is 21.3. The van der Waals surface area contributed by atoms with E-state index >= 15 is 0 Å². The van der Waals surface area contributed by atoms with Gasteiger partial charge in [0.2, 0.25) is 0 Å². The minimum absolute atomic E-state index is 0.264. The zero-order chi connectivity index (χ0) is 13.7. The van der Waals surface area contributed by atoms with Crippen LogP contribution in [0.4, 0.5) is 0 Å². The quantitative estimate of drug-likeness (QED) is 0.812. The standard InChI is InChI=1S/C17H24N2/c1-17(2)10-6-13-19(14-11-17)16(9-12-18)15-7-4-3-5-8-15/h3-5,7-8,16H,6,9-11,13-14H2,1-2H3. The molecule has 0 radical (unpaired) electrons. The second-order valence-electron chi connectivity index (χ2n) is 6.34. The van der Waals surface area contributed by atoms with E-state index in [1.807, 2.05) is 6.07 Å². The number of benzene rings is 1. The van der Waals surface area contributed by atoms with Crippen LogP contribution in [-0.2, 0) is 0 Å². The third kappa shape index (κ3) is 3.81. The Morgan fingerprint density at radius 3 is 2.63 bits per heavy atom. The van der Waals surface area contributed by atoms with Crippen LogP contribution >= 0.6 is 0 Å². The summed E-state index contributed by atoms with van der Waals surface area (Å²) in [6.07, 6.45) is 4.34. The molecule has 0 N–H and O–H groups in total. The topological polar surface area (TPSA) is 27.0 Å². The van der Waals surface area contributed by atoms with Gasteiger partial charge in [-0.2, -0.15) is 5.26 Å². The fourth-order valence-corrected chi connectivity index (χ4v) is 2.97. The van der Waals surface area contributed by atoms with Crippen LogP contribution in [0.5, 0.6) is 0 Å². The first kappa shape index (κ1) is 14.1. The van der Waals surface area contributed by atoms with Gasteiger partial charge in [0.15, 0.2) is 0 Å². The fraction of sp³-hybridized carbons (Fsp3) is 0.588. The Kier molecular flexibility index (Phi) is 4.61. The predicted octanol–water partition coefficient (Wildman–Crippen LogP) is 4.15. The largest absolute Gasteiger partial charge is 0.295 e. The molecule has 0 aliphatic carbocycles. The summed E-state index contributed by atoms with van der Waals surface area (Å²) in [6.45, 7) is 6.94. The Morgan fingerprint density at radius 2 is 1.95 bits per heavy atom. The summed E-state index contributed by atoms with van der Waals surface area (Å²) >= 11 is 0. The monoisotopic (exact) mass is 256 g/mol. The number of likely N-dealkylation sites (tertiary alicyclic amines) is 1. The first-order chi connectivity index (χ1) is 9.12. The van der Waals surface area contributed by atoms with E-state index in [4.69, 9.17) is 5.26 Å². The van der Waals surface area contributed by atoms with Gasteiger partial charge in [0.1, 0.15) is 0 Å². The van der Waals surface area contributed by atoms with E-state index in [0.717, 1.165) is 13.1 Å². The van der Waals surface area contributed by atoms with Crippen molar-refractivity contribution in [3.63, 3.8) is 0 Å². The van der Waals surface area contributed by atoms with Crippen molar-refractivity contribution < 1.29 is 0 Å². The molecule has 1 aliphatic rings. The molecule has 102 valence electrons. The van der Waals surface area contributed by atoms with Crippen LogP contribution in [0.25, 0.3) is 0 Å². The zero-order valence-electron chi connectivity index (χ0n) is 12.1. The van der Waals surface area contributed by atoms with Gasteiger partial charge in [0, 0.05) is 6.04 Å². The van der Waals surface area contributed by atoms with Crippen molar-refractivity contribution in [1.29, 1.82) is 5.26 Å². The minimum atomic E-state index is 0.264. The molecule has 0 saturated carbocycles. The Hall–Kier alpha value is -1.33. The Labute approximate surface area is 117 Å². The van der Waals surface area contributed by atoms with Crippen molar-refractivity contribution in [2.45, 2.75) is 45.6 Å². The molecule has 1 aliphatic heterocycles. The Morgan fingerprint density at radius 1 is 1.21 bits per heavy atom. The van der Waals surface area contributed by atoms with Gasteiger partial charge in [-0.1, -0.05) is 44.2 Å². The van der Waals surface area contributed by atoms with E-state index in [9.17, 15) is 0 Å². The van der Waals surface area contributed by atoms with Crippen LogP contribution in [0.2, 0.25) is 0 Å². The minimum Gasteiger partial charge on any atom is -0.295 e. The summed E-state index contributed by atoms with van der Waals surface area (Å²) < 4.78 is 0. The van der Waals surface area contributed by atoms with Crippen LogP contribution in [0.3, 0.4) is 0 Å². The fourth-order valence-electron chi connectivity index (χ4n) is 2.97. The number of nitriles is 1. The summed E-state index contributed by atoms with van der Waals surface area (Å²) in [6, 6.07) is 13.1. The molecule has 1 aromatic rings. The van der Waals surface area contributed by atoms with Crippen LogP contribution in [0.15, 0.2) is 30.3 Å². The molecule has 0 bridgehead atoms. The van der Waals surface area contributed by atoms with E-state index in [2.05, 4.69) is 49.1 Å². The highest BCUT2D eigenvalue weighted by Crippen LogP contribution is 2.34. The lowest BCUT2D eigenvalue weighted by Crippen LogP contribution is -2.30. The summed E-state index contributed by atoms with van der Waals surface area (Å²) in [5.74, 6) is 0. The van der Waals surface area contributed by atoms with Crippen molar-refractivity contribution in [3.05, 3.63) is 35.9 Å². The smallest absolute Gasteiger partial charge is 0.0641 e. The van der Waals surface area contributed by atoms with Crippen LogP contribution < -0.4 is 0 Å². The van der Waals surface area contributed by atoms with E-state index in [-0.39, 0.29) is 6.04 Å². The van der Waals surface area contributed by atoms with Gasteiger partial charge < -0.3 is 0 Å². The third-order valence-corrected chi connectivity index (χ3v) is 4.28. The highest BCUT2D eigenvalue weighted by Gasteiger charge is 2.27. The van der Waals surface area contributed by atoms with Gasteiger partial charge in [-0.3, -0.25) is 4.90 Å². The first-order valence-electron chi connectivity index (χ1n) is 7.28. The second kappa shape index (κ2) is 6.21. The van der Waals surface area contributed by atoms with Crippen LogP contribution in [0.1, 0.15) is 51.1 Å². The van der Waals surface area contributed by atoms with Gasteiger partial charge in [0.25, 0.3) is 0 Å². The Bertz CT molecular complexity index is 430. The molecule has 1 heterocycles. The van der Waals surface area contributed by atoms with E-state index in [1.54, 1.807) is 0 Å². The van der Waals surface area contributed by atoms with Crippen LogP contribution in [-0.4, -0.2) is 18.0 Å². The Balaban J connectivity index is 2.14. The van der Waals surface area contributed by atoms with E-state index in [1.165, 1.54) is 24.8 Å². The number of hydrogen-bond donors (Lipinski definition) is 0. The van der Waals surface area contributed by atoms with E-state index in [0.29, 0.717) is 11.8 Å². The van der Waals surface area contributed by atoms with Crippen molar-refractivity contribution >= 4 is 0 Å². The molecule has 1 unspecified atom stereocenters. The average Bonchev–Trinajstić information content (AvgIpc) is 2.58. The molecular formula is C17H24N2. The molecule has 19 heavy (non-hydrogen) atoms. The molecule has 0 aromatic heterocycles. The molecule has 1 saturated heterocycles. The average molecular weight is 256 g/mol. The molecule has 1 aromatic carbocycles. The molecule has 0 amide bonds. The lowest BCUT2D eigenvalue weighted by atomic mass is 9.85. The highest BCUT2D eigenvalue weighted by atomic mass is 15.2. The molecule has 2 rings (SSSR count). The zero-order valence-corrected chi connectivity index (χ0v) is 12.1. The molecule has 0 spiro atoms. The summed E-state index contributed by atoms with van der Waals surface area (Å²) in [5, 5.41) is 9.12. The maximum absolute atomic E-state index is 9.12. The lowest BCUT2D eigenvalue weighted by molar-refractivity contribution is 0.197. The highest BCUT2D eigenvalue weighted by molar-refractivity contribution is 5.20. The molecule has 1 fully saturated rings. The van der Waals surface area contributed by atoms with Gasteiger partial charge in [0.05, 0.1) is 12.5 Å². The van der Waals surface area contributed by atoms with Gasteiger partial charge in [-0.05, 0) is 43.3 Å². The van der Waals surface area contributed by atoms with Crippen LogP contribution in [0, 0.1) is 16.7 Å². The maximum Gasteiger partial charge on any atom is 0.0641 e. The van der Waals surface area contributed by atoms with Gasteiger partial charge in [-0.15, -0.1) is 0 Å². The lowest BCUT2D eigenvalue weighted by Gasteiger charge is -2.30. The molecule has 2 nitrogen and oxygen atoms in total. The van der Waals surface area contributed by atoms with Gasteiger partial charge in [-0.25, -0.2) is 0 Å². The van der Waals surface area contributed by atoms with Crippen molar-refractivity contribution in [3.8, 4) is 6.07 Å².